The topological polar surface area (TPSA) is 29.3 Å². The van der Waals surface area contributed by atoms with Crippen LogP contribution in [-0.2, 0) is 0 Å². The standard InChI is InChI=1S/C13H24N2/c1-3-5-10(2)15-12-6-4-7-13(15)9-11(14)8-12/h3,10-13H,1,4-9,14H2,2H3. The molecule has 0 aliphatic carbocycles. The van der Waals surface area contributed by atoms with Crippen LogP contribution in [0.2, 0.25) is 0 Å². The number of rotatable bonds is 3. The van der Waals surface area contributed by atoms with Gasteiger partial charge in [-0.1, -0.05) is 12.5 Å². The molecule has 0 spiro atoms. The molecule has 2 rings (SSSR count). The molecule has 2 nitrogen and oxygen atoms in total. The largest absolute Gasteiger partial charge is 0.328 e. The lowest BCUT2D eigenvalue weighted by Gasteiger charge is -2.51. The van der Waals surface area contributed by atoms with Crippen molar-refractivity contribution < 1.29 is 0 Å². The van der Waals surface area contributed by atoms with Gasteiger partial charge in [-0.2, -0.15) is 0 Å². The fourth-order valence-electron chi connectivity index (χ4n) is 3.54. The van der Waals surface area contributed by atoms with E-state index in [1.54, 1.807) is 0 Å². The maximum atomic E-state index is 6.11. The van der Waals surface area contributed by atoms with Crippen LogP contribution >= 0.6 is 0 Å². The second-order valence-corrected chi connectivity index (χ2v) is 5.29. The molecule has 2 heteroatoms. The van der Waals surface area contributed by atoms with E-state index < -0.39 is 0 Å². The Hall–Kier alpha value is -0.340. The Kier molecular flexibility index (Phi) is 3.47. The monoisotopic (exact) mass is 208 g/mol. The van der Waals surface area contributed by atoms with Crippen LogP contribution in [0.4, 0.5) is 0 Å². The highest BCUT2D eigenvalue weighted by atomic mass is 15.2. The van der Waals surface area contributed by atoms with Crippen molar-refractivity contribution in [1.82, 2.24) is 4.90 Å². The average molecular weight is 208 g/mol. The first-order valence-corrected chi connectivity index (χ1v) is 6.36. The van der Waals surface area contributed by atoms with Gasteiger partial charge in [0.2, 0.25) is 0 Å². The van der Waals surface area contributed by atoms with E-state index in [1.165, 1.54) is 32.1 Å². The summed E-state index contributed by atoms with van der Waals surface area (Å²) < 4.78 is 0. The Bertz CT molecular complexity index is 213. The van der Waals surface area contributed by atoms with Gasteiger partial charge in [0.05, 0.1) is 0 Å². The van der Waals surface area contributed by atoms with E-state index in [2.05, 4.69) is 24.5 Å². The van der Waals surface area contributed by atoms with Crippen molar-refractivity contribution in [2.24, 2.45) is 5.73 Å². The Morgan fingerprint density at radius 3 is 2.53 bits per heavy atom. The highest BCUT2D eigenvalue weighted by Crippen LogP contribution is 2.35. The second-order valence-electron chi connectivity index (χ2n) is 5.29. The molecule has 0 aromatic carbocycles. The van der Waals surface area contributed by atoms with Gasteiger partial charge in [-0.05, 0) is 39.0 Å². The first kappa shape index (κ1) is 11.2. The van der Waals surface area contributed by atoms with Crippen LogP contribution in [0.25, 0.3) is 0 Å². The average Bonchev–Trinajstić information content (AvgIpc) is 2.16. The minimum atomic E-state index is 0.451. The third-order valence-electron chi connectivity index (χ3n) is 4.08. The van der Waals surface area contributed by atoms with Crippen LogP contribution in [-0.4, -0.2) is 29.1 Å². The van der Waals surface area contributed by atoms with Gasteiger partial charge in [-0.25, -0.2) is 0 Å². The molecule has 2 aliphatic heterocycles. The van der Waals surface area contributed by atoms with Gasteiger partial charge in [0.15, 0.2) is 0 Å². The summed E-state index contributed by atoms with van der Waals surface area (Å²) in [6, 6.07) is 2.61. The number of hydrogen-bond acceptors (Lipinski definition) is 2. The highest BCUT2D eigenvalue weighted by molar-refractivity contribution is 4.97. The van der Waals surface area contributed by atoms with E-state index in [0.29, 0.717) is 12.1 Å². The van der Waals surface area contributed by atoms with E-state index >= 15 is 0 Å². The van der Waals surface area contributed by atoms with E-state index in [9.17, 15) is 0 Å². The minimum absolute atomic E-state index is 0.451. The second kappa shape index (κ2) is 4.67. The molecule has 2 heterocycles. The van der Waals surface area contributed by atoms with Gasteiger partial charge >= 0.3 is 0 Å². The molecule has 3 atom stereocenters. The maximum absolute atomic E-state index is 6.11. The van der Waals surface area contributed by atoms with Crippen LogP contribution in [0.5, 0.6) is 0 Å². The summed E-state index contributed by atoms with van der Waals surface area (Å²) in [6.45, 7) is 6.19. The highest BCUT2D eigenvalue weighted by Gasteiger charge is 2.38. The summed E-state index contributed by atoms with van der Waals surface area (Å²) in [5.41, 5.74) is 6.11. The van der Waals surface area contributed by atoms with Crippen molar-refractivity contribution in [1.29, 1.82) is 0 Å². The van der Waals surface area contributed by atoms with Gasteiger partial charge < -0.3 is 5.73 Å². The fraction of sp³-hybridized carbons (Fsp3) is 0.846. The molecule has 0 saturated carbocycles. The molecule has 2 saturated heterocycles. The lowest BCUT2D eigenvalue weighted by molar-refractivity contribution is 0.00141. The zero-order chi connectivity index (χ0) is 10.8. The van der Waals surface area contributed by atoms with Crippen molar-refractivity contribution in [2.45, 2.75) is 69.6 Å². The first-order chi connectivity index (χ1) is 7.22. The van der Waals surface area contributed by atoms with Gasteiger partial charge in [-0.15, -0.1) is 6.58 Å². The summed E-state index contributed by atoms with van der Waals surface area (Å²) in [7, 11) is 0. The summed E-state index contributed by atoms with van der Waals surface area (Å²) in [5, 5.41) is 0. The minimum Gasteiger partial charge on any atom is -0.328 e. The summed E-state index contributed by atoms with van der Waals surface area (Å²) in [4.78, 5) is 2.73. The zero-order valence-corrected chi connectivity index (χ0v) is 9.86. The third kappa shape index (κ3) is 2.26. The SMILES string of the molecule is C=CCC(C)N1C2CCCC1CC(N)C2. The lowest BCUT2D eigenvalue weighted by atomic mass is 9.81. The van der Waals surface area contributed by atoms with Gasteiger partial charge in [0, 0.05) is 24.2 Å². The molecule has 15 heavy (non-hydrogen) atoms. The molecule has 2 bridgehead atoms. The van der Waals surface area contributed by atoms with E-state index in [4.69, 9.17) is 5.73 Å². The van der Waals surface area contributed by atoms with Crippen molar-refractivity contribution >= 4 is 0 Å². The van der Waals surface area contributed by atoms with Gasteiger partial charge in [0.25, 0.3) is 0 Å². The Balaban J connectivity index is 2.06. The number of hydrogen-bond donors (Lipinski definition) is 1. The smallest absolute Gasteiger partial charge is 0.0116 e. The molecule has 0 radical (unpaired) electrons. The Labute approximate surface area is 93.5 Å². The number of nitrogens with zero attached hydrogens (tertiary/aromatic N) is 1. The maximum Gasteiger partial charge on any atom is 0.0116 e. The molecule has 2 aliphatic rings. The molecular formula is C13H24N2. The van der Waals surface area contributed by atoms with Crippen LogP contribution in [0.1, 0.15) is 45.4 Å². The van der Waals surface area contributed by atoms with Crippen molar-refractivity contribution in [3.8, 4) is 0 Å². The number of fused-ring (bicyclic) bond motifs is 2. The quantitative estimate of drug-likeness (QED) is 0.721. The van der Waals surface area contributed by atoms with Crippen molar-refractivity contribution in [3.05, 3.63) is 12.7 Å². The normalized spacial score (nSPS) is 38.7. The molecule has 3 unspecified atom stereocenters. The van der Waals surface area contributed by atoms with Crippen molar-refractivity contribution in [3.63, 3.8) is 0 Å². The summed E-state index contributed by atoms with van der Waals surface area (Å²) >= 11 is 0. The summed E-state index contributed by atoms with van der Waals surface area (Å²) in [5.74, 6) is 0. The predicted octanol–water partition coefficient (Wildman–Crippen LogP) is 2.30. The molecular weight excluding hydrogens is 184 g/mol. The fourth-order valence-corrected chi connectivity index (χ4v) is 3.54. The molecule has 2 fully saturated rings. The number of piperidine rings is 2. The molecule has 0 amide bonds. The molecule has 0 aromatic rings. The third-order valence-corrected chi connectivity index (χ3v) is 4.08. The van der Waals surface area contributed by atoms with Crippen LogP contribution in [0.15, 0.2) is 12.7 Å². The van der Waals surface area contributed by atoms with Crippen LogP contribution in [0.3, 0.4) is 0 Å². The number of nitrogens with two attached hydrogens (primary N) is 1. The predicted molar refractivity (Wildman–Crippen MR) is 64.8 cm³/mol. The van der Waals surface area contributed by atoms with E-state index in [0.717, 1.165) is 18.5 Å². The Morgan fingerprint density at radius 1 is 1.40 bits per heavy atom. The first-order valence-electron chi connectivity index (χ1n) is 6.36. The van der Waals surface area contributed by atoms with Crippen molar-refractivity contribution in [2.75, 3.05) is 0 Å². The molecule has 0 aromatic heterocycles. The Morgan fingerprint density at radius 2 is 2.00 bits per heavy atom. The van der Waals surface area contributed by atoms with Crippen LogP contribution < -0.4 is 5.73 Å². The summed E-state index contributed by atoms with van der Waals surface area (Å²) in [6.07, 6.45) is 9.68. The lowest BCUT2D eigenvalue weighted by Crippen LogP contribution is -2.58. The molecule has 86 valence electrons. The van der Waals surface area contributed by atoms with E-state index in [1.807, 2.05) is 0 Å². The van der Waals surface area contributed by atoms with E-state index in [-0.39, 0.29) is 0 Å². The zero-order valence-electron chi connectivity index (χ0n) is 9.86. The van der Waals surface area contributed by atoms with Gasteiger partial charge in [-0.3, -0.25) is 4.90 Å². The van der Waals surface area contributed by atoms with Crippen LogP contribution in [0, 0.1) is 0 Å². The van der Waals surface area contributed by atoms with Gasteiger partial charge in [0.1, 0.15) is 0 Å². The molecule has 2 N–H and O–H groups in total.